The van der Waals surface area contributed by atoms with Crippen molar-refractivity contribution in [3.63, 3.8) is 0 Å². The Balaban J connectivity index is 1.86. The summed E-state index contributed by atoms with van der Waals surface area (Å²) in [5.74, 6) is 1.47. The minimum atomic E-state index is 0.255. The van der Waals surface area contributed by atoms with Gasteiger partial charge in [0.25, 0.3) is 0 Å². The van der Waals surface area contributed by atoms with Crippen molar-refractivity contribution in [3.05, 3.63) is 18.6 Å². The summed E-state index contributed by atoms with van der Waals surface area (Å²) in [6.45, 7) is 4.50. The second-order valence-electron chi connectivity index (χ2n) is 4.80. The van der Waals surface area contributed by atoms with E-state index < -0.39 is 0 Å². The minimum absolute atomic E-state index is 0.255. The fourth-order valence-corrected chi connectivity index (χ4v) is 2.30. The zero-order chi connectivity index (χ0) is 13.9. The lowest BCUT2D eigenvalue weighted by molar-refractivity contribution is 0.0379. The van der Waals surface area contributed by atoms with Crippen LogP contribution in [0.2, 0.25) is 0 Å². The van der Waals surface area contributed by atoms with E-state index in [9.17, 15) is 0 Å². The first kappa shape index (κ1) is 13.0. The number of aryl methyl sites for hydroxylation is 1. The molecule has 1 aliphatic heterocycles. The second-order valence-corrected chi connectivity index (χ2v) is 4.80. The van der Waals surface area contributed by atoms with Crippen LogP contribution in [0.25, 0.3) is 11.5 Å². The number of rotatable bonds is 3. The first-order valence-electron chi connectivity index (χ1n) is 6.82. The molecule has 1 fully saturated rings. The summed E-state index contributed by atoms with van der Waals surface area (Å²) in [4.78, 5) is 15.4. The molecule has 0 saturated carbocycles. The van der Waals surface area contributed by atoms with Gasteiger partial charge in [-0.2, -0.15) is 5.10 Å². The quantitative estimate of drug-likeness (QED) is 0.828. The molecule has 2 aromatic rings. The highest BCUT2D eigenvalue weighted by Gasteiger charge is 2.21. The van der Waals surface area contributed by atoms with Gasteiger partial charge in [-0.25, -0.2) is 19.6 Å². The molecule has 0 bridgehead atoms. The van der Waals surface area contributed by atoms with E-state index in [4.69, 9.17) is 4.74 Å². The second kappa shape index (κ2) is 5.54. The van der Waals surface area contributed by atoms with Crippen molar-refractivity contribution in [2.75, 3.05) is 24.6 Å². The smallest absolute Gasteiger partial charge is 0.226 e. The Labute approximate surface area is 117 Å². The lowest BCUT2D eigenvalue weighted by Crippen LogP contribution is -2.43. The van der Waals surface area contributed by atoms with E-state index in [0.29, 0.717) is 0 Å². The van der Waals surface area contributed by atoms with E-state index in [1.54, 1.807) is 10.9 Å². The van der Waals surface area contributed by atoms with Crippen LogP contribution in [-0.4, -0.2) is 50.5 Å². The van der Waals surface area contributed by atoms with Gasteiger partial charge in [-0.1, -0.05) is 6.92 Å². The highest BCUT2D eigenvalue weighted by molar-refractivity contribution is 5.51. The maximum absolute atomic E-state index is 5.68. The Kier molecular flexibility index (Phi) is 3.60. The summed E-state index contributed by atoms with van der Waals surface area (Å²) >= 11 is 0. The Morgan fingerprint density at radius 2 is 2.30 bits per heavy atom. The van der Waals surface area contributed by atoms with Gasteiger partial charge in [0, 0.05) is 26.3 Å². The van der Waals surface area contributed by atoms with Crippen LogP contribution >= 0.6 is 0 Å². The maximum atomic E-state index is 5.68. The van der Waals surface area contributed by atoms with E-state index in [1.165, 1.54) is 6.33 Å². The van der Waals surface area contributed by atoms with Crippen molar-refractivity contribution in [1.29, 1.82) is 0 Å². The number of ether oxygens (including phenoxy) is 1. The van der Waals surface area contributed by atoms with Gasteiger partial charge >= 0.3 is 0 Å². The molecule has 7 nitrogen and oxygen atoms in total. The Morgan fingerprint density at radius 1 is 1.40 bits per heavy atom. The molecule has 0 N–H and O–H groups in total. The van der Waals surface area contributed by atoms with E-state index >= 15 is 0 Å². The number of anilines is 1. The van der Waals surface area contributed by atoms with E-state index in [1.807, 2.05) is 13.1 Å². The monoisotopic (exact) mass is 274 g/mol. The highest BCUT2D eigenvalue weighted by atomic mass is 16.5. The number of aromatic nitrogens is 5. The molecule has 106 valence electrons. The lowest BCUT2D eigenvalue weighted by Gasteiger charge is -2.32. The van der Waals surface area contributed by atoms with Crippen molar-refractivity contribution in [2.24, 2.45) is 7.05 Å². The van der Waals surface area contributed by atoms with Crippen LogP contribution < -0.4 is 4.90 Å². The third-order valence-corrected chi connectivity index (χ3v) is 3.46. The molecule has 7 heteroatoms. The summed E-state index contributed by atoms with van der Waals surface area (Å²) < 4.78 is 7.39. The third-order valence-electron chi connectivity index (χ3n) is 3.46. The minimum Gasteiger partial charge on any atom is -0.375 e. The summed E-state index contributed by atoms with van der Waals surface area (Å²) in [5, 5.41) is 4.07. The summed E-state index contributed by atoms with van der Waals surface area (Å²) in [5.41, 5.74) is 0.787. The molecule has 3 heterocycles. The highest BCUT2D eigenvalue weighted by Crippen LogP contribution is 2.18. The molecule has 1 saturated heterocycles. The maximum Gasteiger partial charge on any atom is 0.226 e. The predicted octanol–water partition coefficient (Wildman–Crippen LogP) is 0.887. The summed E-state index contributed by atoms with van der Waals surface area (Å²) in [6, 6.07) is 1.85. The Hall–Kier alpha value is -2.02. The van der Waals surface area contributed by atoms with Crippen LogP contribution in [0, 0.1) is 0 Å². The normalized spacial score (nSPS) is 19.3. The van der Waals surface area contributed by atoms with Crippen molar-refractivity contribution >= 4 is 5.95 Å². The van der Waals surface area contributed by atoms with Crippen LogP contribution in [0.5, 0.6) is 0 Å². The van der Waals surface area contributed by atoms with Gasteiger partial charge in [0.15, 0.2) is 5.82 Å². The topological polar surface area (TPSA) is 69.0 Å². The number of hydrogen-bond acceptors (Lipinski definition) is 6. The van der Waals surface area contributed by atoms with Crippen LogP contribution in [-0.2, 0) is 11.8 Å². The molecule has 0 aromatic carbocycles. The lowest BCUT2D eigenvalue weighted by atomic mass is 10.2. The van der Waals surface area contributed by atoms with E-state index in [-0.39, 0.29) is 6.10 Å². The van der Waals surface area contributed by atoms with Gasteiger partial charge in [0.2, 0.25) is 5.95 Å². The average molecular weight is 274 g/mol. The molecule has 2 aromatic heterocycles. The van der Waals surface area contributed by atoms with Crippen molar-refractivity contribution in [2.45, 2.75) is 19.4 Å². The van der Waals surface area contributed by atoms with Crippen LogP contribution in [0.1, 0.15) is 13.3 Å². The first-order valence-corrected chi connectivity index (χ1v) is 6.82. The molecule has 0 aliphatic carbocycles. The number of nitrogens with zero attached hydrogens (tertiary/aromatic N) is 6. The summed E-state index contributed by atoms with van der Waals surface area (Å²) in [6.07, 6.45) is 4.55. The Bertz CT molecular complexity index is 584. The molecule has 0 unspecified atom stereocenters. The van der Waals surface area contributed by atoms with E-state index in [0.717, 1.165) is 43.6 Å². The third kappa shape index (κ3) is 2.49. The fraction of sp³-hybridized carbons (Fsp3) is 0.538. The van der Waals surface area contributed by atoms with Gasteiger partial charge in [-0.05, 0) is 12.5 Å². The van der Waals surface area contributed by atoms with Crippen LogP contribution in [0.3, 0.4) is 0 Å². The van der Waals surface area contributed by atoms with Gasteiger partial charge in [-0.15, -0.1) is 0 Å². The summed E-state index contributed by atoms with van der Waals surface area (Å²) in [7, 11) is 1.85. The molecular formula is C13H18N6O. The molecule has 1 aliphatic rings. The van der Waals surface area contributed by atoms with Gasteiger partial charge in [0.1, 0.15) is 12.0 Å². The molecule has 0 amide bonds. The van der Waals surface area contributed by atoms with Crippen molar-refractivity contribution in [3.8, 4) is 11.5 Å². The van der Waals surface area contributed by atoms with Crippen molar-refractivity contribution < 1.29 is 4.74 Å². The number of hydrogen-bond donors (Lipinski definition) is 0. The average Bonchev–Trinajstić information content (AvgIpc) is 2.94. The largest absolute Gasteiger partial charge is 0.375 e. The predicted molar refractivity (Wildman–Crippen MR) is 74.3 cm³/mol. The molecule has 20 heavy (non-hydrogen) atoms. The molecular weight excluding hydrogens is 256 g/mol. The molecule has 0 spiro atoms. The van der Waals surface area contributed by atoms with Gasteiger partial charge in [-0.3, -0.25) is 0 Å². The van der Waals surface area contributed by atoms with Gasteiger partial charge < -0.3 is 9.64 Å². The van der Waals surface area contributed by atoms with E-state index in [2.05, 4.69) is 31.9 Å². The standard InChI is InChI=1S/C13H18N6O/c1-3-10-8-19(6-7-20-10)13-14-5-4-11(17-13)12-15-9-16-18(12)2/h4-5,9-10H,3,6-8H2,1-2H3/t10-/m0/s1. The zero-order valence-electron chi connectivity index (χ0n) is 11.7. The van der Waals surface area contributed by atoms with Crippen molar-refractivity contribution in [1.82, 2.24) is 24.7 Å². The Morgan fingerprint density at radius 3 is 3.05 bits per heavy atom. The SMILES string of the molecule is CC[C@H]1CN(c2nccc(-c3ncnn3C)n2)CCO1. The molecule has 1 atom stereocenters. The van der Waals surface area contributed by atoms with Crippen LogP contribution in [0.4, 0.5) is 5.95 Å². The molecule has 0 radical (unpaired) electrons. The zero-order valence-corrected chi connectivity index (χ0v) is 11.7. The molecule has 3 rings (SSSR count). The van der Waals surface area contributed by atoms with Crippen LogP contribution in [0.15, 0.2) is 18.6 Å². The first-order chi connectivity index (χ1) is 9.78. The fourth-order valence-electron chi connectivity index (χ4n) is 2.30. The van der Waals surface area contributed by atoms with Gasteiger partial charge in [0.05, 0.1) is 12.7 Å². The number of morpholine rings is 1.